The number of hydrogen-bond donors (Lipinski definition) is 0. The summed E-state index contributed by atoms with van der Waals surface area (Å²) >= 11 is 6.20. The molecule has 1 aliphatic rings. The molecule has 0 fully saturated rings. The fraction of sp³-hybridized carbons (Fsp3) is 0.462. The lowest BCUT2D eigenvalue weighted by atomic mass is 9.93. The molecule has 0 N–H and O–H groups in total. The number of benzene rings is 1. The zero-order valence-corrected chi connectivity index (χ0v) is 10.7. The number of nitrogens with zero attached hydrogens (tertiary/aromatic N) is 1. The fourth-order valence-electron chi connectivity index (χ4n) is 2.09. The van der Waals surface area contributed by atoms with Gasteiger partial charge in [0, 0.05) is 16.7 Å². The Hall–Kier alpha value is -1.40. The van der Waals surface area contributed by atoms with Gasteiger partial charge in [0.2, 0.25) is 0 Å². The quantitative estimate of drug-likeness (QED) is 0.810. The van der Waals surface area contributed by atoms with Gasteiger partial charge in [0.25, 0.3) is 0 Å². The largest absolute Gasteiger partial charge is 0.486 e. The molecule has 1 heterocycles. The van der Waals surface area contributed by atoms with E-state index in [1.165, 1.54) is 0 Å². The van der Waals surface area contributed by atoms with E-state index in [4.69, 9.17) is 26.3 Å². The van der Waals surface area contributed by atoms with Crippen molar-refractivity contribution in [2.24, 2.45) is 0 Å². The van der Waals surface area contributed by atoms with Gasteiger partial charge in [-0.25, -0.2) is 0 Å². The lowest BCUT2D eigenvalue weighted by molar-refractivity contribution is 0.169. The van der Waals surface area contributed by atoms with Crippen LogP contribution >= 0.6 is 11.6 Å². The molecule has 0 amide bonds. The molecule has 1 aliphatic heterocycles. The molecule has 0 aromatic heterocycles. The molecule has 0 saturated heterocycles. The summed E-state index contributed by atoms with van der Waals surface area (Å²) in [5.41, 5.74) is 1.85. The highest BCUT2D eigenvalue weighted by molar-refractivity contribution is 6.31. The number of nitriles is 1. The van der Waals surface area contributed by atoms with E-state index < -0.39 is 0 Å². The average Bonchev–Trinajstić information content (AvgIpc) is 2.29. The molecule has 0 aliphatic carbocycles. The first kappa shape index (κ1) is 12.1. The molecule has 1 aromatic rings. The highest BCUT2D eigenvalue weighted by atomic mass is 35.5. The summed E-state index contributed by atoms with van der Waals surface area (Å²) in [6.07, 6.45) is 0.295. The normalized spacial score (nSPS) is 13.6. The number of ether oxygens (including phenoxy) is 2. The summed E-state index contributed by atoms with van der Waals surface area (Å²) in [4.78, 5) is 0. The Kier molecular flexibility index (Phi) is 3.44. The van der Waals surface area contributed by atoms with Gasteiger partial charge >= 0.3 is 0 Å². The van der Waals surface area contributed by atoms with Gasteiger partial charge < -0.3 is 9.47 Å². The minimum atomic E-state index is 0.243. The summed E-state index contributed by atoms with van der Waals surface area (Å²) in [5.74, 6) is 1.68. The van der Waals surface area contributed by atoms with Crippen molar-refractivity contribution >= 4 is 11.6 Å². The van der Waals surface area contributed by atoms with Crippen LogP contribution in [0.25, 0.3) is 0 Å². The van der Waals surface area contributed by atoms with Crippen molar-refractivity contribution in [2.75, 3.05) is 13.2 Å². The third kappa shape index (κ3) is 2.18. The molecule has 0 radical (unpaired) electrons. The lowest BCUT2D eigenvalue weighted by Gasteiger charge is -2.25. The molecule has 3 nitrogen and oxygen atoms in total. The molecule has 4 heteroatoms. The molecule has 90 valence electrons. The first-order chi connectivity index (χ1) is 8.15. The van der Waals surface area contributed by atoms with E-state index in [1.54, 1.807) is 6.07 Å². The third-order valence-electron chi connectivity index (χ3n) is 2.76. The maximum atomic E-state index is 8.87. The van der Waals surface area contributed by atoms with Gasteiger partial charge in [-0.2, -0.15) is 5.26 Å². The molecule has 0 atom stereocenters. The third-order valence-corrected chi connectivity index (χ3v) is 3.10. The molecular formula is C13H14ClNO2. The second-order valence-corrected chi connectivity index (χ2v) is 4.67. The molecule has 1 aromatic carbocycles. The molecule has 0 unspecified atom stereocenters. The van der Waals surface area contributed by atoms with Crippen LogP contribution in [0.5, 0.6) is 11.5 Å². The van der Waals surface area contributed by atoms with Crippen molar-refractivity contribution in [1.82, 2.24) is 0 Å². The van der Waals surface area contributed by atoms with E-state index in [9.17, 15) is 0 Å². The van der Waals surface area contributed by atoms with Crippen LogP contribution in [0.3, 0.4) is 0 Å². The van der Waals surface area contributed by atoms with Crippen LogP contribution in [0.1, 0.15) is 30.9 Å². The Morgan fingerprint density at radius 2 is 2.12 bits per heavy atom. The van der Waals surface area contributed by atoms with Crippen LogP contribution < -0.4 is 9.47 Å². The van der Waals surface area contributed by atoms with Crippen molar-refractivity contribution < 1.29 is 9.47 Å². The second kappa shape index (κ2) is 4.85. The number of fused-ring (bicyclic) bond motifs is 1. The van der Waals surface area contributed by atoms with Gasteiger partial charge in [0.05, 0.1) is 12.5 Å². The van der Waals surface area contributed by atoms with Gasteiger partial charge in [0.1, 0.15) is 13.2 Å². The maximum absolute atomic E-state index is 8.87. The Morgan fingerprint density at radius 1 is 1.41 bits per heavy atom. The van der Waals surface area contributed by atoms with Crippen LogP contribution in [0.15, 0.2) is 6.07 Å². The van der Waals surface area contributed by atoms with Gasteiger partial charge in [-0.05, 0) is 11.5 Å². The first-order valence-electron chi connectivity index (χ1n) is 5.63. The van der Waals surface area contributed by atoms with E-state index >= 15 is 0 Å². The summed E-state index contributed by atoms with van der Waals surface area (Å²) in [6.45, 7) is 5.20. The Balaban J connectivity index is 2.63. The van der Waals surface area contributed by atoms with Crippen LogP contribution in [-0.4, -0.2) is 13.2 Å². The van der Waals surface area contributed by atoms with Crippen molar-refractivity contribution in [3.8, 4) is 17.6 Å². The van der Waals surface area contributed by atoms with Gasteiger partial charge in [-0.3, -0.25) is 0 Å². The summed E-state index contributed by atoms with van der Waals surface area (Å²) in [6, 6.07) is 3.89. The Morgan fingerprint density at radius 3 is 2.76 bits per heavy atom. The van der Waals surface area contributed by atoms with Crippen molar-refractivity contribution in [3.63, 3.8) is 0 Å². The minimum Gasteiger partial charge on any atom is -0.486 e. The Bertz CT molecular complexity index is 477. The summed E-state index contributed by atoms with van der Waals surface area (Å²) < 4.78 is 11.2. The van der Waals surface area contributed by atoms with E-state index in [1.807, 2.05) is 0 Å². The SMILES string of the molecule is CC(C)c1c(CC#N)c(Cl)cc2c1OCCO2. The summed E-state index contributed by atoms with van der Waals surface area (Å²) in [7, 11) is 0. The molecule has 17 heavy (non-hydrogen) atoms. The lowest BCUT2D eigenvalue weighted by Crippen LogP contribution is -2.18. The predicted molar refractivity (Wildman–Crippen MR) is 65.8 cm³/mol. The predicted octanol–water partition coefficient (Wildman–Crippen LogP) is 3.30. The van der Waals surface area contributed by atoms with Crippen LogP contribution in [0, 0.1) is 11.3 Å². The standard InChI is InChI=1S/C13H14ClNO2/c1-8(2)12-9(3-4-15)10(14)7-11-13(12)17-6-5-16-11/h7-8H,3,5-6H2,1-2H3. The van der Waals surface area contributed by atoms with Gasteiger partial charge in [-0.15, -0.1) is 0 Å². The van der Waals surface area contributed by atoms with E-state index in [0.717, 1.165) is 16.9 Å². The molecular weight excluding hydrogens is 238 g/mol. The Labute approximate surface area is 106 Å². The molecule has 0 saturated carbocycles. The van der Waals surface area contributed by atoms with Crippen molar-refractivity contribution in [3.05, 3.63) is 22.2 Å². The fourth-order valence-corrected chi connectivity index (χ4v) is 2.35. The average molecular weight is 252 g/mol. The molecule has 0 bridgehead atoms. The second-order valence-electron chi connectivity index (χ2n) is 4.26. The number of rotatable bonds is 2. The number of halogens is 1. The van der Waals surface area contributed by atoms with E-state index in [0.29, 0.717) is 30.4 Å². The monoisotopic (exact) mass is 251 g/mol. The first-order valence-corrected chi connectivity index (χ1v) is 6.00. The van der Waals surface area contributed by atoms with Crippen LogP contribution in [0.2, 0.25) is 5.02 Å². The summed E-state index contributed by atoms with van der Waals surface area (Å²) in [5, 5.41) is 9.46. The van der Waals surface area contributed by atoms with E-state index in [-0.39, 0.29) is 5.92 Å². The zero-order valence-electron chi connectivity index (χ0n) is 9.92. The number of hydrogen-bond acceptors (Lipinski definition) is 3. The van der Waals surface area contributed by atoms with Crippen LogP contribution in [-0.2, 0) is 6.42 Å². The highest BCUT2D eigenvalue weighted by Gasteiger charge is 2.23. The van der Waals surface area contributed by atoms with Crippen molar-refractivity contribution in [2.45, 2.75) is 26.2 Å². The van der Waals surface area contributed by atoms with Crippen molar-refractivity contribution in [1.29, 1.82) is 5.26 Å². The smallest absolute Gasteiger partial charge is 0.165 e. The minimum absolute atomic E-state index is 0.243. The molecule has 2 rings (SSSR count). The highest BCUT2D eigenvalue weighted by Crippen LogP contribution is 2.43. The van der Waals surface area contributed by atoms with Gasteiger partial charge in [-0.1, -0.05) is 25.4 Å². The topological polar surface area (TPSA) is 42.2 Å². The van der Waals surface area contributed by atoms with E-state index in [2.05, 4.69) is 19.9 Å². The maximum Gasteiger partial charge on any atom is 0.165 e. The van der Waals surface area contributed by atoms with Crippen LogP contribution in [0.4, 0.5) is 0 Å². The molecule has 0 spiro atoms. The van der Waals surface area contributed by atoms with Gasteiger partial charge in [0.15, 0.2) is 11.5 Å². The zero-order chi connectivity index (χ0) is 12.4.